The second kappa shape index (κ2) is 5.91. The quantitative estimate of drug-likeness (QED) is 0.552. The van der Waals surface area contributed by atoms with Gasteiger partial charge in [-0.25, -0.2) is 14.4 Å². The van der Waals surface area contributed by atoms with Crippen LogP contribution >= 0.6 is 0 Å². The van der Waals surface area contributed by atoms with Crippen LogP contribution in [0.2, 0.25) is 0 Å². The number of hydrogen-bond donors (Lipinski definition) is 2. The zero-order valence-corrected chi connectivity index (χ0v) is 14.7. The third-order valence-corrected chi connectivity index (χ3v) is 5.81. The molecule has 2 heterocycles. The van der Waals surface area contributed by atoms with E-state index in [0.717, 1.165) is 34.9 Å². The molecule has 3 N–H and O–H groups in total. The molecular weight excluding hydrogens is 339 g/mol. The highest BCUT2D eigenvalue weighted by Gasteiger charge is 2.41. The molecule has 1 aliphatic rings. The first-order valence-electron chi connectivity index (χ1n) is 9.11. The highest BCUT2D eigenvalue weighted by Crippen LogP contribution is 2.51. The number of H-pyrrole nitrogens is 1. The van der Waals surface area contributed by atoms with E-state index in [4.69, 9.17) is 5.73 Å². The Kier molecular flexibility index (Phi) is 3.50. The fourth-order valence-corrected chi connectivity index (χ4v) is 4.21. The largest absolute Gasteiger partial charge is 0.368 e. The van der Waals surface area contributed by atoms with Crippen LogP contribution in [0.25, 0.3) is 22.0 Å². The van der Waals surface area contributed by atoms with Gasteiger partial charge in [0.25, 0.3) is 0 Å². The highest BCUT2D eigenvalue weighted by atomic mass is 19.1. The minimum absolute atomic E-state index is 0.00771. The average molecular weight is 358 g/mol. The molecule has 0 radical (unpaired) electrons. The highest BCUT2D eigenvalue weighted by molar-refractivity contribution is 5.85. The number of aromatic amines is 1. The zero-order chi connectivity index (χ0) is 18.4. The van der Waals surface area contributed by atoms with Crippen LogP contribution in [0, 0.1) is 5.82 Å². The van der Waals surface area contributed by atoms with Crippen LogP contribution in [0.1, 0.15) is 30.4 Å². The summed E-state index contributed by atoms with van der Waals surface area (Å²) in [5, 5.41) is 1.10. The molecule has 27 heavy (non-hydrogen) atoms. The molecule has 0 aliphatic heterocycles. The predicted molar refractivity (Wildman–Crippen MR) is 105 cm³/mol. The van der Waals surface area contributed by atoms with Gasteiger partial charge in [0.1, 0.15) is 5.82 Å². The molecule has 2 aromatic carbocycles. The molecule has 4 aromatic rings. The van der Waals surface area contributed by atoms with Gasteiger partial charge in [-0.05, 0) is 47.7 Å². The van der Waals surface area contributed by atoms with E-state index in [-0.39, 0.29) is 17.2 Å². The molecule has 0 amide bonds. The number of nitrogens with two attached hydrogens (primary N) is 1. The Labute approximate surface area is 156 Å². The van der Waals surface area contributed by atoms with Crippen LogP contribution in [0.5, 0.6) is 0 Å². The smallest absolute Gasteiger partial charge is 0.219 e. The Morgan fingerprint density at radius 2 is 1.70 bits per heavy atom. The van der Waals surface area contributed by atoms with Crippen molar-refractivity contribution in [3.05, 3.63) is 78.0 Å². The minimum Gasteiger partial charge on any atom is -0.368 e. The van der Waals surface area contributed by atoms with Crippen LogP contribution in [0.4, 0.5) is 10.3 Å². The lowest BCUT2D eigenvalue weighted by Gasteiger charge is -2.42. The molecule has 2 aromatic heterocycles. The maximum Gasteiger partial charge on any atom is 0.219 e. The van der Waals surface area contributed by atoms with Crippen LogP contribution in [-0.2, 0) is 5.41 Å². The van der Waals surface area contributed by atoms with Crippen molar-refractivity contribution in [3.8, 4) is 11.1 Å². The van der Waals surface area contributed by atoms with Gasteiger partial charge in [-0.3, -0.25) is 0 Å². The van der Waals surface area contributed by atoms with E-state index >= 15 is 0 Å². The van der Waals surface area contributed by atoms with Crippen molar-refractivity contribution in [1.82, 2.24) is 15.0 Å². The van der Waals surface area contributed by atoms with E-state index < -0.39 is 0 Å². The second-order valence-electron chi connectivity index (χ2n) is 7.24. The van der Waals surface area contributed by atoms with E-state index in [1.807, 2.05) is 12.3 Å². The lowest BCUT2D eigenvalue weighted by atomic mass is 9.60. The van der Waals surface area contributed by atoms with Gasteiger partial charge in [0.15, 0.2) is 0 Å². The van der Waals surface area contributed by atoms with Gasteiger partial charge in [-0.2, -0.15) is 0 Å². The summed E-state index contributed by atoms with van der Waals surface area (Å²) in [6, 6.07) is 13.6. The summed E-state index contributed by atoms with van der Waals surface area (Å²) >= 11 is 0. The molecule has 5 rings (SSSR count). The van der Waals surface area contributed by atoms with Crippen molar-refractivity contribution in [3.63, 3.8) is 0 Å². The second-order valence-corrected chi connectivity index (χ2v) is 7.24. The van der Waals surface area contributed by atoms with Gasteiger partial charge >= 0.3 is 0 Å². The first-order chi connectivity index (χ1) is 13.2. The number of anilines is 1. The van der Waals surface area contributed by atoms with Crippen LogP contribution < -0.4 is 5.73 Å². The van der Waals surface area contributed by atoms with Crippen LogP contribution in [0.3, 0.4) is 0 Å². The standard InChI is InChI=1S/C22H19FN4/c23-17-6-7-18-19(13-25-20(18)10-17)22(8-1-9-22)16-4-2-14(3-5-16)15-11-26-21(24)27-12-15/h2-7,10-13,25H,1,8-9H2,(H2,24,26,27). The molecule has 5 heteroatoms. The molecule has 0 unspecified atom stereocenters. The van der Waals surface area contributed by atoms with Gasteiger partial charge < -0.3 is 10.7 Å². The molecular formula is C22H19FN4. The Morgan fingerprint density at radius 3 is 2.37 bits per heavy atom. The van der Waals surface area contributed by atoms with Gasteiger partial charge in [-0.15, -0.1) is 0 Å². The number of benzene rings is 2. The Bertz CT molecular complexity index is 1110. The van der Waals surface area contributed by atoms with E-state index in [0.29, 0.717) is 0 Å². The lowest BCUT2D eigenvalue weighted by Crippen LogP contribution is -2.35. The van der Waals surface area contributed by atoms with Crippen molar-refractivity contribution in [2.45, 2.75) is 24.7 Å². The fourth-order valence-electron chi connectivity index (χ4n) is 4.21. The van der Waals surface area contributed by atoms with E-state index in [2.05, 4.69) is 39.2 Å². The first kappa shape index (κ1) is 16.0. The van der Waals surface area contributed by atoms with E-state index in [1.165, 1.54) is 23.6 Å². The van der Waals surface area contributed by atoms with E-state index in [1.54, 1.807) is 18.5 Å². The molecule has 0 saturated heterocycles. The zero-order valence-electron chi connectivity index (χ0n) is 14.7. The first-order valence-corrected chi connectivity index (χ1v) is 9.11. The summed E-state index contributed by atoms with van der Waals surface area (Å²) in [5.74, 6) is 0.0631. The molecule has 1 aliphatic carbocycles. The number of fused-ring (bicyclic) bond motifs is 1. The maximum absolute atomic E-state index is 13.6. The molecule has 0 bridgehead atoms. The van der Waals surface area contributed by atoms with Gasteiger partial charge in [0.2, 0.25) is 5.95 Å². The van der Waals surface area contributed by atoms with Crippen molar-refractivity contribution in [2.75, 3.05) is 5.73 Å². The van der Waals surface area contributed by atoms with Crippen LogP contribution in [-0.4, -0.2) is 15.0 Å². The molecule has 1 fully saturated rings. The van der Waals surface area contributed by atoms with Crippen molar-refractivity contribution in [1.29, 1.82) is 0 Å². The van der Waals surface area contributed by atoms with Crippen LogP contribution in [0.15, 0.2) is 61.1 Å². The SMILES string of the molecule is Nc1ncc(-c2ccc(C3(c4c[nH]c5cc(F)ccc45)CCC3)cc2)cn1. The van der Waals surface area contributed by atoms with Crippen molar-refractivity contribution in [2.24, 2.45) is 0 Å². The molecule has 0 spiro atoms. The molecule has 134 valence electrons. The number of hydrogen-bond acceptors (Lipinski definition) is 3. The predicted octanol–water partition coefficient (Wildman–Crippen LogP) is 4.82. The maximum atomic E-state index is 13.6. The number of nitrogens with one attached hydrogen (secondary N) is 1. The van der Waals surface area contributed by atoms with Gasteiger partial charge in [-0.1, -0.05) is 30.7 Å². The number of rotatable bonds is 3. The molecule has 0 atom stereocenters. The monoisotopic (exact) mass is 358 g/mol. The summed E-state index contributed by atoms with van der Waals surface area (Å²) in [5.41, 5.74) is 11.0. The Balaban J connectivity index is 1.56. The fraction of sp³-hybridized carbons (Fsp3) is 0.182. The van der Waals surface area contributed by atoms with Gasteiger partial charge in [0.05, 0.1) is 0 Å². The Morgan fingerprint density at radius 1 is 0.963 bits per heavy atom. The Hall–Kier alpha value is -3.21. The number of aromatic nitrogens is 3. The lowest BCUT2D eigenvalue weighted by molar-refractivity contribution is 0.304. The van der Waals surface area contributed by atoms with E-state index in [9.17, 15) is 4.39 Å². The number of halogens is 1. The molecule has 4 nitrogen and oxygen atoms in total. The third kappa shape index (κ3) is 2.50. The summed E-state index contributed by atoms with van der Waals surface area (Å²) < 4.78 is 13.6. The topological polar surface area (TPSA) is 67.6 Å². The van der Waals surface area contributed by atoms with Crippen molar-refractivity contribution >= 4 is 16.9 Å². The van der Waals surface area contributed by atoms with Gasteiger partial charge in [0, 0.05) is 40.5 Å². The molecule has 1 saturated carbocycles. The normalized spacial score (nSPS) is 15.6. The summed E-state index contributed by atoms with van der Waals surface area (Å²) in [6.07, 6.45) is 8.92. The summed E-state index contributed by atoms with van der Waals surface area (Å²) in [7, 11) is 0. The third-order valence-electron chi connectivity index (χ3n) is 5.81. The summed E-state index contributed by atoms with van der Waals surface area (Å²) in [4.78, 5) is 11.4. The number of nitrogens with zero attached hydrogens (tertiary/aromatic N) is 2. The average Bonchev–Trinajstić information content (AvgIpc) is 3.05. The minimum atomic E-state index is -0.214. The van der Waals surface area contributed by atoms with Crippen molar-refractivity contribution < 1.29 is 4.39 Å². The summed E-state index contributed by atoms with van der Waals surface area (Å²) in [6.45, 7) is 0. The number of nitrogen functional groups attached to an aromatic ring is 1.